The summed E-state index contributed by atoms with van der Waals surface area (Å²) < 4.78 is 1.53. The molecule has 0 radical (unpaired) electrons. The van der Waals surface area contributed by atoms with Gasteiger partial charge < -0.3 is 0 Å². The van der Waals surface area contributed by atoms with Gasteiger partial charge in [0.25, 0.3) is 5.91 Å². The van der Waals surface area contributed by atoms with Crippen LogP contribution in [0.2, 0.25) is 0 Å². The molecular formula is C15H14N4O2S. The van der Waals surface area contributed by atoms with Crippen LogP contribution >= 0.6 is 11.3 Å². The molecule has 0 unspecified atom stereocenters. The fraction of sp³-hybridized carbons (Fsp3) is 0.200. The number of aromatic nitrogens is 3. The van der Waals surface area contributed by atoms with Crippen molar-refractivity contribution in [2.75, 3.05) is 5.32 Å². The largest absolute Gasteiger partial charge is 0.296 e. The molecule has 0 aliphatic heterocycles. The molecule has 2 aromatic heterocycles. The highest BCUT2D eigenvalue weighted by atomic mass is 32.1. The summed E-state index contributed by atoms with van der Waals surface area (Å²) in [5, 5.41) is 7.68. The van der Waals surface area contributed by atoms with E-state index in [1.54, 1.807) is 25.2 Å². The van der Waals surface area contributed by atoms with Gasteiger partial charge in [-0.25, -0.2) is 4.98 Å². The van der Waals surface area contributed by atoms with E-state index in [4.69, 9.17) is 0 Å². The molecule has 0 saturated carbocycles. The van der Waals surface area contributed by atoms with E-state index in [0.29, 0.717) is 16.0 Å². The fourth-order valence-electron chi connectivity index (χ4n) is 2.16. The first kappa shape index (κ1) is 14.4. The molecule has 112 valence electrons. The maximum Gasteiger partial charge on any atom is 0.281 e. The summed E-state index contributed by atoms with van der Waals surface area (Å²) in [7, 11) is 1.70. The van der Waals surface area contributed by atoms with Gasteiger partial charge >= 0.3 is 0 Å². The normalized spacial score (nSPS) is 10.9. The van der Waals surface area contributed by atoms with Gasteiger partial charge in [-0.3, -0.25) is 19.6 Å². The van der Waals surface area contributed by atoms with Gasteiger partial charge in [0.15, 0.2) is 10.8 Å². The lowest BCUT2D eigenvalue weighted by Crippen LogP contribution is -2.26. The van der Waals surface area contributed by atoms with Crippen LogP contribution in [-0.2, 0) is 7.05 Å². The quantitative estimate of drug-likeness (QED) is 0.787. The number of carbonyl (C=O) groups is 1. The molecule has 1 N–H and O–H groups in total. The van der Waals surface area contributed by atoms with Gasteiger partial charge in [-0.15, -0.1) is 11.3 Å². The minimum Gasteiger partial charge on any atom is -0.296 e. The van der Waals surface area contributed by atoms with E-state index in [2.05, 4.69) is 15.4 Å². The molecule has 0 fully saturated rings. The Labute approximate surface area is 130 Å². The van der Waals surface area contributed by atoms with Crippen molar-refractivity contribution >= 4 is 33.3 Å². The molecule has 2 heterocycles. The van der Waals surface area contributed by atoms with Gasteiger partial charge in [0, 0.05) is 17.3 Å². The zero-order valence-electron chi connectivity index (χ0n) is 12.4. The molecule has 1 aromatic carbocycles. The summed E-state index contributed by atoms with van der Waals surface area (Å²) in [4.78, 5) is 30.0. The topological polar surface area (TPSA) is 76.9 Å². The molecule has 0 aliphatic rings. The smallest absolute Gasteiger partial charge is 0.281 e. The van der Waals surface area contributed by atoms with Crippen LogP contribution in [-0.4, -0.2) is 20.7 Å². The van der Waals surface area contributed by atoms with Crippen LogP contribution in [0, 0.1) is 13.8 Å². The maximum atomic E-state index is 12.4. The van der Waals surface area contributed by atoms with E-state index in [1.165, 1.54) is 16.0 Å². The molecule has 22 heavy (non-hydrogen) atoms. The average Bonchev–Trinajstić information content (AvgIpc) is 2.81. The predicted octanol–water partition coefficient (Wildman–Crippen LogP) is 2.26. The van der Waals surface area contributed by atoms with E-state index in [9.17, 15) is 9.59 Å². The fourth-order valence-corrected chi connectivity index (χ4v) is 2.97. The second-order valence-corrected chi connectivity index (χ2v) is 6.14. The van der Waals surface area contributed by atoms with E-state index in [-0.39, 0.29) is 11.1 Å². The number of thiazole rings is 1. The minimum atomic E-state index is -0.542. The van der Waals surface area contributed by atoms with Crippen LogP contribution in [0.4, 0.5) is 5.13 Å². The first-order valence-electron chi connectivity index (χ1n) is 6.69. The second-order valence-electron chi connectivity index (χ2n) is 4.93. The van der Waals surface area contributed by atoms with Gasteiger partial charge in [0.1, 0.15) is 0 Å². The molecule has 0 spiro atoms. The van der Waals surface area contributed by atoms with Crippen molar-refractivity contribution in [1.29, 1.82) is 0 Å². The number of benzene rings is 1. The molecule has 0 atom stereocenters. The van der Waals surface area contributed by atoms with Crippen LogP contribution in [0.1, 0.15) is 21.1 Å². The van der Waals surface area contributed by atoms with Crippen molar-refractivity contribution in [3.8, 4) is 0 Å². The lowest BCUT2D eigenvalue weighted by Gasteiger charge is -2.07. The van der Waals surface area contributed by atoms with E-state index >= 15 is 0 Å². The summed E-state index contributed by atoms with van der Waals surface area (Å²) in [5.74, 6) is -0.542. The Morgan fingerprint density at radius 3 is 2.68 bits per heavy atom. The van der Waals surface area contributed by atoms with Crippen LogP contribution < -0.4 is 10.7 Å². The number of carbonyl (C=O) groups excluding carboxylic acids is 1. The minimum absolute atomic E-state index is 0.133. The number of anilines is 1. The molecular weight excluding hydrogens is 300 g/mol. The van der Waals surface area contributed by atoms with E-state index in [0.717, 1.165) is 10.6 Å². The SMILES string of the molecule is Cc1nc(NC(=O)c2nn(C)c3ccccc3c2=O)sc1C. The van der Waals surface area contributed by atoms with Crippen LogP contribution in [0.5, 0.6) is 0 Å². The van der Waals surface area contributed by atoms with Crippen LogP contribution in [0.3, 0.4) is 0 Å². The van der Waals surface area contributed by atoms with Crippen molar-refractivity contribution in [3.63, 3.8) is 0 Å². The van der Waals surface area contributed by atoms with Crippen LogP contribution in [0.15, 0.2) is 29.1 Å². The molecule has 3 aromatic rings. The Morgan fingerprint density at radius 1 is 1.27 bits per heavy atom. The maximum absolute atomic E-state index is 12.4. The number of hydrogen-bond donors (Lipinski definition) is 1. The Bertz CT molecular complexity index is 923. The lowest BCUT2D eigenvalue weighted by atomic mass is 10.2. The van der Waals surface area contributed by atoms with Crippen molar-refractivity contribution in [2.45, 2.75) is 13.8 Å². The zero-order valence-corrected chi connectivity index (χ0v) is 13.2. The van der Waals surface area contributed by atoms with Gasteiger partial charge in [0.2, 0.25) is 5.43 Å². The summed E-state index contributed by atoms with van der Waals surface area (Å²) in [6, 6.07) is 7.07. The third-order valence-electron chi connectivity index (χ3n) is 3.43. The Balaban J connectivity index is 2.04. The molecule has 7 heteroatoms. The third-order valence-corrected chi connectivity index (χ3v) is 4.41. The Kier molecular flexibility index (Phi) is 3.50. The second kappa shape index (κ2) is 5.34. The molecule has 0 saturated heterocycles. The molecule has 1 amide bonds. The molecule has 0 aliphatic carbocycles. The molecule has 3 rings (SSSR count). The van der Waals surface area contributed by atoms with Gasteiger partial charge in [-0.1, -0.05) is 12.1 Å². The van der Waals surface area contributed by atoms with E-state index < -0.39 is 5.91 Å². The third kappa shape index (κ3) is 2.39. The highest BCUT2D eigenvalue weighted by molar-refractivity contribution is 7.15. The zero-order chi connectivity index (χ0) is 15.9. The Morgan fingerprint density at radius 2 is 2.00 bits per heavy atom. The molecule has 0 bridgehead atoms. The van der Waals surface area contributed by atoms with Crippen molar-refractivity contribution in [3.05, 3.63) is 50.8 Å². The van der Waals surface area contributed by atoms with Crippen molar-refractivity contribution in [1.82, 2.24) is 14.8 Å². The average molecular weight is 314 g/mol. The van der Waals surface area contributed by atoms with Gasteiger partial charge in [-0.2, -0.15) is 5.10 Å². The number of fused-ring (bicyclic) bond motifs is 1. The number of para-hydroxylation sites is 1. The molecule has 6 nitrogen and oxygen atoms in total. The number of nitrogens with zero attached hydrogens (tertiary/aromatic N) is 3. The summed E-state index contributed by atoms with van der Waals surface area (Å²) in [5.41, 5.74) is 1.03. The number of amides is 1. The van der Waals surface area contributed by atoms with Crippen molar-refractivity contribution < 1.29 is 4.79 Å². The van der Waals surface area contributed by atoms with Crippen molar-refractivity contribution in [2.24, 2.45) is 7.05 Å². The highest BCUT2D eigenvalue weighted by Crippen LogP contribution is 2.21. The standard InChI is InChI=1S/C15H14N4O2S/c1-8-9(2)22-15(16-8)17-14(21)12-13(20)10-6-4-5-7-11(10)19(3)18-12/h4-7H,1-3H3,(H,16,17,21). The Hall–Kier alpha value is -2.54. The number of rotatable bonds is 2. The predicted molar refractivity (Wildman–Crippen MR) is 86.5 cm³/mol. The summed E-state index contributed by atoms with van der Waals surface area (Å²) in [6.45, 7) is 3.80. The number of hydrogen-bond acceptors (Lipinski definition) is 5. The van der Waals surface area contributed by atoms with Gasteiger partial charge in [-0.05, 0) is 26.0 Å². The summed E-state index contributed by atoms with van der Waals surface area (Å²) >= 11 is 1.37. The highest BCUT2D eigenvalue weighted by Gasteiger charge is 2.18. The first-order chi connectivity index (χ1) is 10.5. The monoisotopic (exact) mass is 314 g/mol. The lowest BCUT2D eigenvalue weighted by molar-refractivity contribution is 0.101. The van der Waals surface area contributed by atoms with E-state index in [1.807, 2.05) is 19.9 Å². The van der Waals surface area contributed by atoms with Gasteiger partial charge in [0.05, 0.1) is 11.2 Å². The number of aryl methyl sites for hydroxylation is 3. The first-order valence-corrected chi connectivity index (χ1v) is 7.50. The van der Waals surface area contributed by atoms with Crippen LogP contribution in [0.25, 0.3) is 10.9 Å². The summed E-state index contributed by atoms with van der Waals surface area (Å²) in [6.07, 6.45) is 0. The number of nitrogens with one attached hydrogen (secondary N) is 1.